The van der Waals surface area contributed by atoms with E-state index in [9.17, 15) is 0 Å². The molecule has 14 aromatic rings. The summed E-state index contributed by atoms with van der Waals surface area (Å²) in [5.74, 6) is 4.63. The highest BCUT2D eigenvalue weighted by Gasteiger charge is 2.48. The van der Waals surface area contributed by atoms with Gasteiger partial charge in [0.2, 0.25) is 0 Å². The predicted octanol–water partition coefficient (Wildman–Crippen LogP) is 23.9. The molecule has 6 nitrogen and oxygen atoms in total. The molecule has 98 heavy (non-hydrogen) atoms. The number of benzene rings is 14. The number of ether oxygens (including phenoxy) is 4. The van der Waals surface area contributed by atoms with E-state index >= 15 is 0 Å². The molecule has 0 saturated heterocycles. The summed E-state index contributed by atoms with van der Waals surface area (Å²) in [6.07, 6.45) is 3.67. The number of rotatable bonds is 19. The molecule has 0 saturated carbocycles. The van der Waals surface area contributed by atoms with Crippen molar-refractivity contribution >= 4 is 46.3 Å². The summed E-state index contributed by atoms with van der Waals surface area (Å²) in [5, 5.41) is 0. The van der Waals surface area contributed by atoms with Gasteiger partial charge in [0.05, 0.1) is 25.0 Å². The fraction of sp³-hybridized carbons (Fsp3) is 0.0435. The highest BCUT2D eigenvalue weighted by Crippen LogP contribution is 2.60. The Morgan fingerprint density at radius 3 is 0.857 bits per heavy atom. The second-order valence-corrected chi connectivity index (χ2v) is 24.7. The van der Waals surface area contributed by atoms with Gasteiger partial charge in [0.1, 0.15) is 34.5 Å². The van der Waals surface area contributed by atoms with Crippen molar-refractivity contribution in [2.75, 3.05) is 24.0 Å². The Bertz CT molecular complexity index is 4880. The van der Waals surface area contributed by atoms with E-state index in [2.05, 4.69) is 314 Å². The Morgan fingerprint density at radius 1 is 0.255 bits per heavy atom. The lowest BCUT2D eigenvalue weighted by Gasteiger charge is -2.35. The van der Waals surface area contributed by atoms with Gasteiger partial charge in [-0.05, 0) is 235 Å². The van der Waals surface area contributed by atoms with E-state index in [0.29, 0.717) is 0 Å². The molecule has 470 valence electrons. The summed E-state index contributed by atoms with van der Waals surface area (Å²) in [6.45, 7) is 7.84. The largest absolute Gasteiger partial charge is 0.497 e. The maximum atomic E-state index is 6.44. The first-order chi connectivity index (χ1) is 48.3. The van der Waals surface area contributed by atoms with Crippen molar-refractivity contribution in [1.29, 1.82) is 0 Å². The van der Waals surface area contributed by atoms with Gasteiger partial charge in [0.25, 0.3) is 0 Å². The number of para-hydroxylation sites is 2. The quantitative estimate of drug-likeness (QED) is 0.0804. The maximum Gasteiger partial charge on any atom is 0.127 e. The van der Waals surface area contributed by atoms with Crippen molar-refractivity contribution in [3.05, 3.63) is 409 Å². The van der Waals surface area contributed by atoms with Crippen molar-refractivity contribution < 1.29 is 18.9 Å². The molecule has 0 fully saturated rings. The topological polar surface area (TPSA) is 43.4 Å². The zero-order valence-electron chi connectivity index (χ0n) is 54.4. The highest BCUT2D eigenvalue weighted by atomic mass is 16.5. The van der Waals surface area contributed by atoms with Crippen LogP contribution in [0.1, 0.15) is 55.6 Å². The number of hydrogen-bond acceptors (Lipinski definition) is 6. The minimum absolute atomic E-state index is 0.704. The molecule has 2 atom stereocenters. The molecule has 6 heteroatoms. The van der Waals surface area contributed by atoms with Crippen LogP contribution in [-0.4, -0.2) is 14.2 Å². The van der Waals surface area contributed by atoms with Crippen LogP contribution in [0.5, 0.6) is 34.5 Å². The molecule has 0 heterocycles. The van der Waals surface area contributed by atoms with Gasteiger partial charge in [-0.1, -0.05) is 219 Å². The van der Waals surface area contributed by atoms with E-state index in [0.717, 1.165) is 113 Å². The number of nitrogens with zero attached hydrogens (tertiary/aromatic N) is 2. The van der Waals surface area contributed by atoms with Gasteiger partial charge in [-0.3, -0.25) is 0 Å². The highest BCUT2D eigenvalue weighted by molar-refractivity contribution is 5.92. The van der Waals surface area contributed by atoms with Gasteiger partial charge in [0.15, 0.2) is 0 Å². The third kappa shape index (κ3) is 10.6. The fourth-order valence-electron chi connectivity index (χ4n) is 14.9. The Morgan fingerprint density at radius 2 is 0.531 bits per heavy atom. The first-order valence-corrected chi connectivity index (χ1v) is 33.0. The minimum Gasteiger partial charge on any atom is -0.497 e. The van der Waals surface area contributed by atoms with Gasteiger partial charge in [0, 0.05) is 34.1 Å². The van der Waals surface area contributed by atoms with E-state index in [-0.39, 0.29) is 0 Å². The van der Waals surface area contributed by atoms with Crippen LogP contribution in [0.2, 0.25) is 0 Å². The van der Waals surface area contributed by atoms with E-state index in [1.54, 1.807) is 14.2 Å². The Balaban J connectivity index is 0.758. The summed E-state index contributed by atoms with van der Waals surface area (Å²) in [7, 11) is 3.44. The van der Waals surface area contributed by atoms with Crippen LogP contribution in [0.3, 0.4) is 0 Å². The molecule has 0 spiro atoms. The second kappa shape index (κ2) is 25.6. The van der Waals surface area contributed by atoms with Crippen molar-refractivity contribution in [3.63, 3.8) is 0 Å². The van der Waals surface area contributed by atoms with Crippen LogP contribution in [0.15, 0.2) is 353 Å². The lowest BCUT2D eigenvalue weighted by molar-refractivity contribution is 0.414. The van der Waals surface area contributed by atoms with Gasteiger partial charge in [-0.15, -0.1) is 0 Å². The number of hydrogen-bond donors (Lipinski definition) is 0. The molecule has 14 aromatic carbocycles. The average Bonchev–Trinajstić information content (AvgIpc) is 1.52. The zero-order chi connectivity index (χ0) is 66.2. The van der Waals surface area contributed by atoms with Gasteiger partial charge in [-0.25, -0.2) is 0 Å². The van der Waals surface area contributed by atoms with Crippen molar-refractivity contribution in [2.45, 2.75) is 10.8 Å². The van der Waals surface area contributed by atoms with E-state index < -0.39 is 10.8 Å². The third-order valence-electron chi connectivity index (χ3n) is 19.5. The Kier molecular flexibility index (Phi) is 15.7. The summed E-state index contributed by atoms with van der Waals surface area (Å²) in [5.41, 5.74) is 23.1. The molecule has 2 aliphatic carbocycles. The normalized spacial score (nSPS) is 14.6. The molecular formula is C92H68N2O4. The van der Waals surface area contributed by atoms with Crippen molar-refractivity contribution in [2.24, 2.45) is 0 Å². The van der Waals surface area contributed by atoms with Gasteiger partial charge in [-0.2, -0.15) is 0 Å². The van der Waals surface area contributed by atoms with E-state index in [1.165, 1.54) is 44.5 Å². The average molecular weight is 1270 g/mol. The van der Waals surface area contributed by atoms with E-state index in [1.807, 2.05) is 60.7 Å². The Hall–Kier alpha value is -12.6. The summed E-state index contributed by atoms with van der Waals surface area (Å²) in [6, 6.07) is 121. The molecule has 16 rings (SSSR count). The van der Waals surface area contributed by atoms with Gasteiger partial charge < -0.3 is 28.7 Å². The molecule has 2 aliphatic rings. The third-order valence-corrected chi connectivity index (χ3v) is 19.5. The molecule has 0 aromatic heterocycles. The fourth-order valence-corrected chi connectivity index (χ4v) is 14.9. The predicted molar refractivity (Wildman–Crippen MR) is 402 cm³/mol. The molecule has 0 N–H and O–H groups in total. The lowest BCUT2D eigenvalue weighted by Crippen LogP contribution is -2.28. The summed E-state index contributed by atoms with van der Waals surface area (Å²) < 4.78 is 24.4. The molecule has 0 bridgehead atoms. The molecule has 0 radical (unpaired) electrons. The SMILES string of the molecule is C=Cc1ccc(Oc2ccc(C3(c4ccc(OC)cc4)c4ccccc4-c4ccc(N(c5ccccc5)c5ccc(-c6ccc(N(c7ccccc7)c7ccc8c(c7)C(c7ccc(OC)cc7)(c7ccc(Oc9ccc(C=C)cc9)cc7)c7ccccc7-8)cc6)cc5)cc43)cc2)cc1. The standard InChI is InChI=1S/C92H68N2O4/c1-5-63-25-47-79(48-26-63)97-81-55-37-69(38-56-81)91(67-33-51-77(95-3)52-34-67)87-23-15-13-21-83(87)85-59-45-75(61-89(85)91)93(71-17-9-7-10-18-71)73-41-29-65(30-42-73)66-31-43-74(44-32-66)94(72-19-11-8-12-20-72)76-46-60-86-84-22-14-16-24-88(84)92(90(86)62-76,68-35-53-78(96-4)54-36-68)70-39-57-82(58-40-70)98-80-49-27-64(6-2)28-50-80/h5-62H,1-2H2,3-4H3. The monoisotopic (exact) mass is 1260 g/mol. The van der Waals surface area contributed by atoms with Crippen molar-refractivity contribution in [1.82, 2.24) is 0 Å². The second-order valence-electron chi connectivity index (χ2n) is 24.7. The number of methoxy groups -OCH3 is 2. The molecule has 0 aliphatic heterocycles. The van der Waals surface area contributed by atoms with Gasteiger partial charge >= 0.3 is 0 Å². The summed E-state index contributed by atoms with van der Waals surface area (Å²) in [4.78, 5) is 4.74. The molecular weight excluding hydrogens is 1200 g/mol. The van der Waals surface area contributed by atoms with Crippen LogP contribution < -0.4 is 28.7 Å². The van der Waals surface area contributed by atoms with Crippen LogP contribution in [0.25, 0.3) is 45.5 Å². The van der Waals surface area contributed by atoms with Crippen molar-refractivity contribution in [3.8, 4) is 67.9 Å². The zero-order valence-corrected chi connectivity index (χ0v) is 54.4. The smallest absolute Gasteiger partial charge is 0.127 e. The maximum absolute atomic E-state index is 6.44. The minimum atomic E-state index is -0.704. The lowest BCUT2D eigenvalue weighted by atomic mass is 9.67. The van der Waals surface area contributed by atoms with Crippen LogP contribution in [0, 0.1) is 0 Å². The number of fused-ring (bicyclic) bond motifs is 6. The summed E-state index contributed by atoms with van der Waals surface area (Å²) >= 11 is 0. The van der Waals surface area contributed by atoms with Crippen LogP contribution >= 0.6 is 0 Å². The molecule has 0 amide bonds. The first-order valence-electron chi connectivity index (χ1n) is 33.0. The Labute approximate surface area is 573 Å². The molecule has 2 unspecified atom stereocenters. The number of anilines is 6. The van der Waals surface area contributed by atoms with E-state index in [4.69, 9.17) is 18.9 Å². The van der Waals surface area contributed by atoms with Crippen LogP contribution in [0.4, 0.5) is 34.1 Å². The van der Waals surface area contributed by atoms with Crippen LogP contribution in [-0.2, 0) is 10.8 Å². The first kappa shape index (κ1) is 60.3.